The van der Waals surface area contributed by atoms with E-state index in [2.05, 4.69) is 23.1 Å². The van der Waals surface area contributed by atoms with Gasteiger partial charge in [-0.3, -0.25) is 4.90 Å². The maximum Gasteiger partial charge on any atom is 0.337 e. The van der Waals surface area contributed by atoms with Crippen molar-refractivity contribution in [1.82, 2.24) is 4.90 Å². The molecule has 0 bridgehead atoms. The summed E-state index contributed by atoms with van der Waals surface area (Å²) >= 11 is 0. The van der Waals surface area contributed by atoms with E-state index < -0.39 is 23.2 Å². The Hall–Kier alpha value is -3.47. The van der Waals surface area contributed by atoms with Crippen LogP contribution in [0.15, 0.2) is 35.9 Å². The molecule has 1 heterocycles. The molecule has 0 saturated heterocycles. The van der Waals surface area contributed by atoms with Crippen LogP contribution in [0.3, 0.4) is 0 Å². The van der Waals surface area contributed by atoms with Gasteiger partial charge in [0.15, 0.2) is 5.41 Å². The average Bonchev–Trinajstić information content (AvgIpc) is 2.77. The summed E-state index contributed by atoms with van der Waals surface area (Å²) in [5.41, 5.74) is -0.0434. The first kappa shape index (κ1) is 20.3. The molecule has 3 rings (SSSR count). The van der Waals surface area contributed by atoms with Gasteiger partial charge in [-0.2, -0.15) is 15.8 Å². The van der Waals surface area contributed by atoms with Gasteiger partial charge in [-0.25, -0.2) is 4.79 Å². The quantitative estimate of drug-likeness (QED) is 0.628. The van der Waals surface area contributed by atoms with Gasteiger partial charge >= 0.3 is 5.97 Å². The minimum atomic E-state index is -1.74. The van der Waals surface area contributed by atoms with Gasteiger partial charge in [0.1, 0.15) is 5.92 Å². The van der Waals surface area contributed by atoms with Crippen LogP contribution in [-0.4, -0.2) is 43.3 Å². The molecule has 146 valence electrons. The van der Waals surface area contributed by atoms with Crippen LogP contribution in [0, 0.1) is 56.7 Å². The van der Waals surface area contributed by atoms with Crippen molar-refractivity contribution in [1.29, 1.82) is 21.2 Å². The zero-order valence-electron chi connectivity index (χ0n) is 16.3. The lowest BCUT2D eigenvalue weighted by molar-refractivity contribution is 0.0600. The highest BCUT2D eigenvalue weighted by molar-refractivity contribution is 6.01. The van der Waals surface area contributed by atoms with Crippen molar-refractivity contribution in [2.45, 2.75) is 12.8 Å². The first-order chi connectivity index (χ1) is 14.0. The summed E-state index contributed by atoms with van der Waals surface area (Å²) in [4.78, 5) is 14.0. The number of fused-ring (bicyclic) bond motifs is 1. The van der Waals surface area contributed by atoms with Crippen LogP contribution in [0.2, 0.25) is 0 Å². The monoisotopic (exact) mass is 387 g/mol. The summed E-state index contributed by atoms with van der Waals surface area (Å²) in [6.45, 7) is 4.11. The number of likely N-dealkylation sites (N-methyl/N-ethyl adjacent to an activating group) is 1. The lowest BCUT2D eigenvalue weighted by Crippen LogP contribution is -2.52. The van der Waals surface area contributed by atoms with Gasteiger partial charge in [0, 0.05) is 24.9 Å². The predicted octanol–water partition coefficient (Wildman–Crippen LogP) is 2.64. The largest absolute Gasteiger partial charge is 0.465 e. The molecular formula is C22H21N5O2. The van der Waals surface area contributed by atoms with E-state index in [-0.39, 0.29) is 11.6 Å². The molecule has 1 aliphatic heterocycles. The summed E-state index contributed by atoms with van der Waals surface area (Å²) in [7, 11) is 1.30. The Balaban J connectivity index is 2.19. The van der Waals surface area contributed by atoms with Crippen molar-refractivity contribution in [3.8, 4) is 18.2 Å². The van der Waals surface area contributed by atoms with Crippen LogP contribution < -0.4 is 0 Å². The molecule has 2 aliphatic rings. The molecular weight excluding hydrogens is 366 g/mol. The molecule has 1 fully saturated rings. The van der Waals surface area contributed by atoms with Gasteiger partial charge in [0.2, 0.25) is 0 Å². The second kappa shape index (κ2) is 7.87. The van der Waals surface area contributed by atoms with E-state index in [0.29, 0.717) is 24.2 Å². The molecule has 0 aromatic heterocycles. The van der Waals surface area contributed by atoms with Crippen LogP contribution in [-0.2, 0) is 4.74 Å². The Morgan fingerprint density at radius 3 is 2.45 bits per heavy atom. The molecule has 7 nitrogen and oxygen atoms in total. The number of carbonyl (C=O) groups excluding carboxylic acids is 1. The number of methoxy groups -OCH3 is 1. The van der Waals surface area contributed by atoms with Crippen LogP contribution in [0.5, 0.6) is 0 Å². The second-order valence-corrected chi connectivity index (χ2v) is 7.26. The van der Waals surface area contributed by atoms with Gasteiger partial charge in [-0.15, -0.1) is 0 Å². The first-order valence-electron chi connectivity index (χ1n) is 9.39. The highest BCUT2D eigenvalue weighted by atomic mass is 16.5. The van der Waals surface area contributed by atoms with Crippen molar-refractivity contribution in [3.63, 3.8) is 0 Å². The van der Waals surface area contributed by atoms with E-state index in [4.69, 9.17) is 10.1 Å². The zero-order chi connectivity index (χ0) is 21.2. The van der Waals surface area contributed by atoms with Crippen molar-refractivity contribution in [3.05, 3.63) is 47.0 Å². The Kier molecular flexibility index (Phi) is 5.50. The summed E-state index contributed by atoms with van der Waals surface area (Å²) in [6, 6.07) is 12.9. The number of nitriles is 3. The number of carbonyl (C=O) groups is 1. The van der Waals surface area contributed by atoms with Crippen LogP contribution in [0.4, 0.5) is 0 Å². The lowest BCUT2D eigenvalue weighted by atomic mass is 9.54. The number of esters is 1. The topological polar surface area (TPSA) is 125 Å². The second-order valence-electron chi connectivity index (χ2n) is 7.26. The van der Waals surface area contributed by atoms with Gasteiger partial charge < -0.3 is 10.1 Å². The normalized spacial score (nSPS) is 25.6. The average molecular weight is 387 g/mol. The van der Waals surface area contributed by atoms with Gasteiger partial charge in [-0.05, 0) is 29.8 Å². The fourth-order valence-electron chi connectivity index (χ4n) is 4.45. The molecule has 0 radical (unpaired) electrons. The summed E-state index contributed by atoms with van der Waals surface area (Å²) in [6.07, 6.45) is 1.97. The summed E-state index contributed by atoms with van der Waals surface area (Å²) < 4.78 is 4.74. The zero-order valence-corrected chi connectivity index (χ0v) is 16.3. The van der Waals surface area contributed by atoms with E-state index in [1.807, 2.05) is 13.0 Å². The molecule has 3 atom stereocenters. The summed E-state index contributed by atoms with van der Waals surface area (Å²) in [5.74, 6) is -2.20. The van der Waals surface area contributed by atoms with Crippen molar-refractivity contribution in [2.24, 2.45) is 17.3 Å². The smallest absolute Gasteiger partial charge is 0.337 e. The Morgan fingerprint density at radius 1 is 1.28 bits per heavy atom. The van der Waals surface area contributed by atoms with E-state index >= 15 is 0 Å². The van der Waals surface area contributed by atoms with E-state index in [1.54, 1.807) is 24.3 Å². The van der Waals surface area contributed by atoms with Crippen molar-refractivity contribution >= 4 is 11.7 Å². The molecule has 29 heavy (non-hydrogen) atoms. The van der Waals surface area contributed by atoms with Crippen LogP contribution in [0.25, 0.3) is 0 Å². The minimum absolute atomic E-state index is 0.167. The standard InChI is InChI=1S/C22H21N5O2/c1-3-27-9-8-16-17(10-23)20(26)22(12-24,13-25)19(18(16)11-27)14-4-6-15(7-5-14)21(28)29-2/h4-8,17-19,26H,3,9,11H2,1-2H3/t17?,18-,19+/m0/s1. The van der Waals surface area contributed by atoms with Gasteiger partial charge in [0.25, 0.3) is 0 Å². The van der Waals surface area contributed by atoms with Crippen LogP contribution in [0.1, 0.15) is 28.8 Å². The third-order valence-corrected chi connectivity index (χ3v) is 6.00. The molecule has 1 aliphatic carbocycles. The third-order valence-electron chi connectivity index (χ3n) is 6.00. The molecule has 7 heteroatoms. The van der Waals surface area contributed by atoms with Crippen molar-refractivity contribution < 1.29 is 9.53 Å². The highest BCUT2D eigenvalue weighted by Crippen LogP contribution is 2.53. The Morgan fingerprint density at radius 2 is 1.93 bits per heavy atom. The maximum atomic E-state index is 11.8. The number of benzene rings is 1. The molecule has 0 spiro atoms. The molecule has 1 aromatic carbocycles. The number of hydrogen-bond acceptors (Lipinski definition) is 7. The number of nitrogens with zero attached hydrogens (tertiary/aromatic N) is 4. The Labute approximate surface area is 169 Å². The number of hydrogen-bond donors (Lipinski definition) is 1. The van der Waals surface area contributed by atoms with E-state index in [0.717, 1.165) is 12.1 Å². The van der Waals surface area contributed by atoms with E-state index in [9.17, 15) is 20.6 Å². The number of rotatable bonds is 3. The molecule has 1 unspecified atom stereocenters. The maximum absolute atomic E-state index is 11.8. The minimum Gasteiger partial charge on any atom is -0.465 e. The fourth-order valence-corrected chi connectivity index (χ4v) is 4.45. The molecule has 0 amide bonds. The SMILES string of the molecule is CCN1CC=C2C(C#N)C(=N)C(C#N)(C#N)[C@H](c3ccc(C(=O)OC)cc3)[C@H]2C1. The molecule has 1 N–H and O–H groups in total. The van der Waals surface area contributed by atoms with E-state index in [1.165, 1.54) is 7.11 Å². The number of ether oxygens (including phenoxy) is 1. The lowest BCUT2D eigenvalue weighted by Gasteiger charge is -2.47. The number of nitrogens with one attached hydrogen (secondary N) is 1. The first-order valence-corrected chi connectivity index (χ1v) is 9.39. The predicted molar refractivity (Wildman–Crippen MR) is 105 cm³/mol. The Bertz CT molecular complexity index is 976. The fraction of sp³-hybridized carbons (Fsp3) is 0.409. The molecule has 1 saturated carbocycles. The third kappa shape index (κ3) is 3.09. The highest BCUT2D eigenvalue weighted by Gasteiger charge is 2.57. The molecule has 1 aromatic rings. The van der Waals surface area contributed by atoms with Gasteiger partial charge in [0.05, 0.1) is 36.6 Å². The van der Waals surface area contributed by atoms with Crippen LogP contribution >= 0.6 is 0 Å². The van der Waals surface area contributed by atoms with Gasteiger partial charge in [-0.1, -0.05) is 25.1 Å². The van der Waals surface area contributed by atoms with Crippen molar-refractivity contribution in [2.75, 3.05) is 26.7 Å². The summed E-state index contributed by atoms with van der Waals surface area (Å²) in [5, 5.41) is 38.3.